The van der Waals surface area contributed by atoms with Crippen molar-refractivity contribution < 1.29 is 0 Å². The summed E-state index contributed by atoms with van der Waals surface area (Å²) in [5.74, 6) is 2.61. The molecule has 1 atom stereocenters. The van der Waals surface area contributed by atoms with Gasteiger partial charge in [0.1, 0.15) is 5.82 Å². The van der Waals surface area contributed by atoms with Crippen LogP contribution in [0.1, 0.15) is 60.4 Å². The molecule has 4 heteroatoms. The molecule has 0 radical (unpaired) electrons. The first-order valence-corrected chi connectivity index (χ1v) is 7.62. The Morgan fingerprint density at radius 1 is 1.05 bits per heavy atom. The summed E-state index contributed by atoms with van der Waals surface area (Å²) < 4.78 is 0. The molecule has 1 aromatic heterocycles. The van der Waals surface area contributed by atoms with E-state index in [1.165, 1.54) is 36.8 Å². The first-order chi connectivity index (χ1) is 9.90. The lowest BCUT2D eigenvalue weighted by Crippen LogP contribution is -2.29. The van der Waals surface area contributed by atoms with Crippen molar-refractivity contribution in [3.8, 4) is 0 Å². The monoisotopic (exact) mass is 268 g/mol. The molecule has 4 rings (SSSR count). The molecule has 0 bridgehead atoms. The second-order valence-corrected chi connectivity index (χ2v) is 5.97. The van der Waals surface area contributed by atoms with Crippen LogP contribution in [0.2, 0.25) is 0 Å². The zero-order valence-corrected chi connectivity index (χ0v) is 11.6. The Morgan fingerprint density at radius 3 is 2.70 bits per heavy atom. The molecule has 0 amide bonds. The maximum absolute atomic E-state index is 4.76. The van der Waals surface area contributed by atoms with Crippen molar-refractivity contribution in [2.24, 2.45) is 0 Å². The molecule has 2 aliphatic rings. The number of aromatic nitrogens is 3. The van der Waals surface area contributed by atoms with Gasteiger partial charge in [-0.2, -0.15) is 5.10 Å². The van der Waals surface area contributed by atoms with Crippen molar-refractivity contribution in [2.45, 2.75) is 50.6 Å². The van der Waals surface area contributed by atoms with Gasteiger partial charge in [-0.1, -0.05) is 37.1 Å². The number of nitrogens with one attached hydrogen (secondary N) is 2. The molecule has 20 heavy (non-hydrogen) atoms. The molecular formula is C16H20N4. The van der Waals surface area contributed by atoms with Crippen LogP contribution in [-0.4, -0.2) is 15.2 Å². The second-order valence-electron chi connectivity index (χ2n) is 5.97. The lowest BCUT2D eigenvalue weighted by atomic mass is 9.95. The van der Waals surface area contributed by atoms with Crippen molar-refractivity contribution in [3.05, 3.63) is 47.0 Å². The highest BCUT2D eigenvalue weighted by molar-refractivity contribution is 5.30. The predicted molar refractivity (Wildman–Crippen MR) is 77.3 cm³/mol. The van der Waals surface area contributed by atoms with Gasteiger partial charge in [-0.05, 0) is 30.4 Å². The minimum Gasteiger partial charge on any atom is -0.303 e. The lowest BCUT2D eigenvalue weighted by molar-refractivity contribution is 0.477. The van der Waals surface area contributed by atoms with E-state index in [4.69, 9.17) is 4.98 Å². The largest absolute Gasteiger partial charge is 0.303 e. The summed E-state index contributed by atoms with van der Waals surface area (Å²) in [7, 11) is 0. The van der Waals surface area contributed by atoms with Crippen LogP contribution in [0.4, 0.5) is 0 Å². The molecule has 2 N–H and O–H groups in total. The molecule has 4 nitrogen and oxygen atoms in total. The molecule has 2 aromatic rings. The smallest absolute Gasteiger partial charge is 0.153 e. The van der Waals surface area contributed by atoms with Gasteiger partial charge in [-0.25, -0.2) is 4.98 Å². The van der Waals surface area contributed by atoms with Crippen LogP contribution < -0.4 is 5.32 Å². The molecule has 0 saturated heterocycles. The van der Waals surface area contributed by atoms with Gasteiger partial charge in [-0.3, -0.25) is 5.10 Å². The molecule has 1 saturated carbocycles. The highest BCUT2D eigenvalue weighted by atomic mass is 15.2. The zero-order valence-electron chi connectivity index (χ0n) is 11.6. The number of nitrogens with zero attached hydrogens (tertiary/aromatic N) is 2. The highest BCUT2D eigenvalue weighted by Crippen LogP contribution is 2.32. The van der Waals surface area contributed by atoms with Gasteiger partial charge >= 0.3 is 0 Å². The molecule has 1 unspecified atom stereocenters. The highest BCUT2D eigenvalue weighted by Gasteiger charge is 2.25. The van der Waals surface area contributed by atoms with E-state index < -0.39 is 0 Å². The molecule has 1 aliphatic carbocycles. The minimum absolute atomic E-state index is 0.271. The van der Waals surface area contributed by atoms with Crippen molar-refractivity contribution in [3.63, 3.8) is 0 Å². The minimum atomic E-state index is 0.271. The quantitative estimate of drug-likeness (QED) is 0.880. The molecule has 1 aliphatic heterocycles. The summed E-state index contributed by atoms with van der Waals surface area (Å²) in [6.45, 7) is 0.917. The number of H-pyrrole nitrogens is 1. The normalized spacial score (nSPS) is 22.9. The summed E-state index contributed by atoms with van der Waals surface area (Å²) in [5, 5.41) is 11.2. The maximum atomic E-state index is 4.76. The third-order valence-corrected chi connectivity index (χ3v) is 4.65. The molecule has 2 heterocycles. The predicted octanol–water partition coefficient (Wildman–Crippen LogP) is 2.85. The summed E-state index contributed by atoms with van der Waals surface area (Å²) in [5.41, 5.74) is 2.83. The summed E-state index contributed by atoms with van der Waals surface area (Å²) >= 11 is 0. The van der Waals surface area contributed by atoms with E-state index in [2.05, 4.69) is 39.8 Å². The zero-order chi connectivity index (χ0) is 13.4. The summed E-state index contributed by atoms with van der Waals surface area (Å²) in [6, 6.07) is 8.91. The third-order valence-electron chi connectivity index (χ3n) is 4.65. The van der Waals surface area contributed by atoms with E-state index in [1.54, 1.807) is 0 Å². The summed E-state index contributed by atoms with van der Waals surface area (Å²) in [6.07, 6.45) is 6.14. The van der Waals surface area contributed by atoms with Crippen LogP contribution in [0.25, 0.3) is 0 Å². The Morgan fingerprint density at radius 2 is 1.85 bits per heavy atom. The van der Waals surface area contributed by atoms with Crippen LogP contribution >= 0.6 is 0 Å². The van der Waals surface area contributed by atoms with Crippen molar-refractivity contribution in [2.75, 3.05) is 0 Å². The fourth-order valence-electron chi connectivity index (χ4n) is 3.46. The van der Waals surface area contributed by atoms with E-state index in [0.29, 0.717) is 5.92 Å². The maximum Gasteiger partial charge on any atom is 0.153 e. The molecule has 1 aromatic carbocycles. The Kier molecular flexibility index (Phi) is 3.03. The molecule has 1 fully saturated rings. The number of fused-ring (bicyclic) bond motifs is 1. The van der Waals surface area contributed by atoms with Crippen LogP contribution in [0.5, 0.6) is 0 Å². The Hall–Kier alpha value is -1.68. The van der Waals surface area contributed by atoms with E-state index in [0.717, 1.165) is 24.6 Å². The van der Waals surface area contributed by atoms with Crippen molar-refractivity contribution in [1.29, 1.82) is 0 Å². The van der Waals surface area contributed by atoms with E-state index in [-0.39, 0.29) is 6.04 Å². The Balaban J connectivity index is 1.54. The molecule has 0 spiro atoms. The van der Waals surface area contributed by atoms with Gasteiger partial charge in [0, 0.05) is 12.5 Å². The van der Waals surface area contributed by atoms with Crippen LogP contribution in [-0.2, 0) is 13.0 Å². The van der Waals surface area contributed by atoms with Gasteiger partial charge in [-0.15, -0.1) is 0 Å². The lowest BCUT2D eigenvalue weighted by Gasteiger charge is -2.24. The Bertz CT molecular complexity index is 598. The standard InChI is InChI=1S/C16H20N4/c1-2-6-11(5-1)15-18-16(20-19-15)14-9-12-7-3-4-8-13(12)10-17-14/h3-4,7-8,11,14,17H,1-2,5-6,9-10H2,(H,18,19,20). The number of rotatable bonds is 2. The average Bonchev–Trinajstić information content (AvgIpc) is 3.17. The van der Waals surface area contributed by atoms with Crippen LogP contribution in [0, 0.1) is 0 Å². The fourth-order valence-corrected chi connectivity index (χ4v) is 3.46. The van der Waals surface area contributed by atoms with Crippen LogP contribution in [0.15, 0.2) is 24.3 Å². The van der Waals surface area contributed by atoms with Crippen LogP contribution in [0.3, 0.4) is 0 Å². The second kappa shape index (κ2) is 5.02. The molecule has 104 valence electrons. The van der Waals surface area contributed by atoms with Gasteiger partial charge in [0.25, 0.3) is 0 Å². The van der Waals surface area contributed by atoms with Gasteiger partial charge in [0.2, 0.25) is 0 Å². The number of hydrogen-bond donors (Lipinski definition) is 2. The first kappa shape index (κ1) is 12.1. The van der Waals surface area contributed by atoms with Gasteiger partial charge in [0.15, 0.2) is 5.82 Å². The summed E-state index contributed by atoms with van der Waals surface area (Å²) in [4.78, 5) is 4.76. The van der Waals surface area contributed by atoms with E-state index in [1.807, 2.05) is 0 Å². The van der Waals surface area contributed by atoms with E-state index in [9.17, 15) is 0 Å². The average molecular weight is 268 g/mol. The number of benzene rings is 1. The van der Waals surface area contributed by atoms with E-state index >= 15 is 0 Å². The number of hydrogen-bond acceptors (Lipinski definition) is 3. The SMILES string of the molecule is c1ccc2c(c1)CNC(c1nc(C3CCCC3)n[nH]1)C2. The van der Waals surface area contributed by atoms with Gasteiger partial charge in [0.05, 0.1) is 6.04 Å². The number of aromatic amines is 1. The first-order valence-electron chi connectivity index (χ1n) is 7.62. The van der Waals surface area contributed by atoms with Crippen molar-refractivity contribution in [1.82, 2.24) is 20.5 Å². The van der Waals surface area contributed by atoms with Gasteiger partial charge < -0.3 is 5.32 Å². The molecular weight excluding hydrogens is 248 g/mol. The fraction of sp³-hybridized carbons (Fsp3) is 0.500. The third kappa shape index (κ3) is 2.14. The Labute approximate surface area is 119 Å². The topological polar surface area (TPSA) is 53.6 Å². The van der Waals surface area contributed by atoms with Crippen molar-refractivity contribution >= 4 is 0 Å².